The number of aromatic carboxylic acids is 1. The van der Waals surface area contributed by atoms with Gasteiger partial charge in [0.1, 0.15) is 5.82 Å². The van der Waals surface area contributed by atoms with Gasteiger partial charge in [0.05, 0.1) is 12.7 Å². The third kappa shape index (κ3) is 2.69. The molecule has 2 rings (SSSR count). The fourth-order valence-electron chi connectivity index (χ4n) is 1.59. The van der Waals surface area contributed by atoms with Crippen molar-refractivity contribution in [2.75, 3.05) is 7.11 Å². The van der Waals surface area contributed by atoms with Gasteiger partial charge in [-0.2, -0.15) is 0 Å². The van der Waals surface area contributed by atoms with E-state index in [4.69, 9.17) is 14.6 Å². The number of para-hydroxylation sites is 2. The topological polar surface area (TPSA) is 55.8 Å². The van der Waals surface area contributed by atoms with Crippen LogP contribution < -0.4 is 9.47 Å². The van der Waals surface area contributed by atoms with Gasteiger partial charge >= 0.3 is 5.97 Å². The number of carbonyl (C=O) groups is 1. The minimum atomic E-state index is -1.55. The largest absolute Gasteiger partial charge is 0.493 e. The maximum absolute atomic E-state index is 13.7. The van der Waals surface area contributed by atoms with Crippen LogP contribution in [-0.4, -0.2) is 18.2 Å². The molecular weight excluding hydrogens is 270 g/mol. The van der Waals surface area contributed by atoms with E-state index in [2.05, 4.69) is 0 Å². The molecular formula is C14H10F2O4. The maximum atomic E-state index is 13.7. The van der Waals surface area contributed by atoms with Crippen LogP contribution in [0.25, 0.3) is 0 Å². The van der Waals surface area contributed by atoms with E-state index in [-0.39, 0.29) is 5.75 Å². The maximum Gasteiger partial charge on any atom is 0.338 e. The Labute approximate surface area is 113 Å². The molecule has 0 aromatic heterocycles. The van der Waals surface area contributed by atoms with E-state index in [1.54, 1.807) is 18.2 Å². The molecule has 0 aliphatic heterocycles. The Morgan fingerprint density at radius 2 is 1.70 bits per heavy atom. The summed E-state index contributed by atoms with van der Waals surface area (Å²) in [7, 11) is 1.41. The second-order valence-corrected chi connectivity index (χ2v) is 3.82. The van der Waals surface area contributed by atoms with Crippen LogP contribution in [0.3, 0.4) is 0 Å². The predicted octanol–water partition coefficient (Wildman–Crippen LogP) is 3.46. The lowest BCUT2D eigenvalue weighted by atomic mass is 10.2. The van der Waals surface area contributed by atoms with Crippen molar-refractivity contribution in [1.82, 2.24) is 0 Å². The SMILES string of the molecule is COc1ccccc1Oc1cc(F)c(C(=O)O)cc1F. The molecule has 2 aromatic carbocycles. The lowest BCUT2D eigenvalue weighted by Crippen LogP contribution is -2.02. The van der Waals surface area contributed by atoms with Crippen molar-refractivity contribution in [3.8, 4) is 17.2 Å². The number of methoxy groups -OCH3 is 1. The van der Waals surface area contributed by atoms with Gasteiger partial charge in [0.25, 0.3) is 0 Å². The molecule has 0 radical (unpaired) electrons. The van der Waals surface area contributed by atoms with Crippen LogP contribution in [0.5, 0.6) is 17.2 Å². The van der Waals surface area contributed by atoms with Gasteiger partial charge in [-0.15, -0.1) is 0 Å². The fraction of sp³-hybridized carbons (Fsp3) is 0.0714. The first-order chi connectivity index (χ1) is 9.52. The Morgan fingerprint density at radius 1 is 1.05 bits per heavy atom. The second kappa shape index (κ2) is 5.56. The molecule has 1 N–H and O–H groups in total. The Bertz CT molecular complexity index is 656. The zero-order valence-corrected chi connectivity index (χ0v) is 10.4. The van der Waals surface area contributed by atoms with Crippen LogP contribution in [0.4, 0.5) is 8.78 Å². The molecule has 4 nitrogen and oxygen atoms in total. The van der Waals surface area contributed by atoms with E-state index in [1.807, 2.05) is 0 Å². The summed E-state index contributed by atoms with van der Waals surface area (Å²) in [6.45, 7) is 0. The molecule has 6 heteroatoms. The van der Waals surface area contributed by atoms with Gasteiger partial charge in [0, 0.05) is 6.07 Å². The van der Waals surface area contributed by atoms with E-state index in [0.717, 1.165) is 0 Å². The van der Waals surface area contributed by atoms with E-state index >= 15 is 0 Å². The van der Waals surface area contributed by atoms with Crippen molar-refractivity contribution in [1.29, 1.82) is 0 Å². The summed E-state index contributed by atoms with van der Waals surface area (Å²) in [6.07, 6.45) is 0. The van der Waals surface area contributed by atoms with E-state index < -0.39 is 28.9 Å². The van der Waals surface area contributed by atoms with Crippen molar-refractivity contribution >= 4 is 5.97 Å². The van der Waals surface area contributed by atoms with Crippen molar-refractivity contribution in [2.24, 2.45) is 0 Å². The summed E-state index contributed by atoms with van der Waals surface area (Å²) in [5.74, 6) is -3.49. The van der Waals surface area contributed by atoms with Crippen LogP contribution >= 0.6 is 0 Å². The van der Waals surface area contributed by atoms with Crippen LogP contribution in [0.1, 0.15) is 10.4 Å². The van der Waals surface area contributed by atoms with Gasteiger partial charge in [0.15, 0.2) is 23.1 Å². The zero-order chi connectivity index (χ0) is 14.7. The first-order valence-corrected chi connectivity index (χ1v) is 5.56. The average molecular weight is 280 g/mol. The highest BCUT2D eigenvalue weighted by Crippen LogP contribution is 2.33. The highest BCUT2D eigenvalue weighted by molar-refractivity contribution is 5.88. The normalized spacial score (nSPS) is 10.2. The minimum Gasteiger partial charge on any atom is -0.493 e. The second-order valence-electron chi connectivity index (χ2n) is 3.82. The number of carboxylic acids is 1. The lowest BCUT2D eigenvalue weighted by Gasteiger charge is -2.11. The summed E-state index contributed by atoms with van der Waals surface area (Å²) in [5, 5.41) is 8.69. The molecule has 0 bridgehead atoms. The molecule has 0 aliphatic rings. The molecule has 2 aromatic rings. The molecule has 0 unspecified atom stereocenters. The summed E-state index contributed by atoms with van der Waals surface area (Å²) in [6, 6.07) is 7.69. The molecule has 0 heterocycles. The average Bonchev–Trinajstić information content (AvgIpc) is 2.42. The Balaban J connectivity index is 2.39. The molecule has 0 saturated heterocycles. The molecule has 0 atom stereocenters. The van der Waals surface area contributed by atoms with Crippen LogP contribution in [0.2, 0.25) is 0 Å². The summed E-state index contributed by atoms with van der Waals surface area (Å²) in [5.41, 5.74) is -0.755. The number of halogens is 2. The summed E-state index contributed by atoms with van der Waals surface area (Å²) in [4.78, 5) is 10.7. The summed E-state index contributed by atoms with van der Waals surface area (Å²) >= 11 is 0. The van der Waals surface area contributed by atoms with E-state index in [9.17, 15) is 13.6 Å². The van der Waals surface area contributed by atoms with Gasteiger partial charge < -0.3 is 14.6 Å². The molecule has 20 heavy (non-hydrogen) atoms. The van der Waals surface area contributed by atoms with Gasteiger partial charge in [-0.25, -0.2) is 13.6 Å². The van der Waals surface area contributed by atoms with E-state index in [0.29, 0.717) is 17.9 Å². The van der Waals surface area contributed by atoms with Crippen molar-refractivity contribution in [3.63, 3.8) is 0 Å². The first-order valence-electron chi connectivity index (χ1n) is 5.56. The van der Waals surface area contributed by atoms with Crippen molar-refractivity contribution in [2.45, 2.75) is 0 Å². The Hall–Kier alpha value is -2.63. The minimum absolute atomic E-state index is 0.191. The highest BCUT2D eigenvalue weighted by Gasteiger charge is 2.17. The third-order valence-corrected chi connectivity index (χ3v) is 2.54. The first kappa shape index (κ1) is 13.8. The molecule has 0 fully saturated rings. The fourth-order valence-corrected chi connectivity index (χ4v) is 1.59. The molecule has 0 spiro atoms. The van der Waals surface area contributed by atoms with Crippen molar-refractivity contribution in [3.05, 3.63) is 53.6 Å². The molecule has 0 saturated carbocycles. The smallest absolute Gasteiger partial charge is 0.338 e. The standard InChI is InChI=1S/C14H10F2O4/c1-19-11-4-2-3-5-12(11)20-13-7-9(15)8(14(17)18)6-10(13)16/h2-7H,1H3,(H,17,18). The lowest BCUT2D eigenvalue weighted by molar-refractivity contribution is 0.0691. The molecule has 104 valence electrons. The Kier molecular flexibility index (Phi) is 3.84. The van der Waals surface area contributed by atoms with Crippen LogP contribution in [0, 0.1) is 11.6 Å². The molecule has 0 amide bonds. The highest BCUT2D eigenvalue weighted by atomic mass is 19.1. The van der Waals surface area contributed by atoms with Gasteiger partial charge in [0.2, 0.25) is 0 Å². The number of ether oxygens (including phenoxy) is 2. The van der Waals surface area contributed by atoms with E-state index in [1.165, 1.54) is 13.2 Å². The quantitative estimate of drug-likeness (QED) is 0.931. The number of carboxylic acid groups (broad SMARTS) is 1. The number of benzene rings is 2. The molecule has 0 aliphatic carbocycles. The zero-order valence-electron chi connectivity index (χ0n) is 10.4. The predicted molar refractivity (Wildman–Crippen MR) is 66.4 cm³/mol. The van der Waals surface area contributed by atoms with Gasteiger partial charge in [-0.3, -0.25) is 0 Å². The Morgan fingerprint density at radius 3 is 2.30 bits per heavy atom. The van der Waals surface area contributed by atoms with Gasteiger partial charge in [-0.1, -0.05) is 12.1 Å². The number of hydrogen-bond donors (Lipinski definition) is 1. The monoisotopic (exact) mass is 280 g/mol. The van der Waals surface area contributed by atoms with Crippen LogP contribution in [-0.2, 0) is 0 Å². The van der Waals surface area contributed by atoms with Gasteiger partial charge in [-0.05, 0) is 18.2 Å². The van der Waals surface area contributed by atoms with Crippen molar-refractivity contribution < 1.29 is 28.2 Å². The third-order valence-electron chi connectivity index (χ3n) is 2.54. The summed E-state index contributed by atoms with van der Waals surface area (Å²) < 4.78 is 37.5. The number of rotatable bonds is 4. The van der Waals surface area contributed by atoms with Crippen LogP contribution in [0.15, 0.2) is 36.4 Å². The number of hydrogen-bond acceptors (Lipinski definition) is 3.